The van der Waals surface area contributed by atoms with Gasteiger partial charge in [0, 0.05) is 18.7 Å². The molecule has 0 saturated heterocycles. The average molecular weight is 408 g/mol. The normalized spacial score (nSPS) is 12.3. The minimum atomic E-state index is -4.14. The number of carbonyl (C=O) groups is 2. The summed E-state index contributed by atoms with van der Waals surface area (Å²) in [4.78, 5) is 26.4. The number of likely N-dealkylation sites (N-methyl/N-ethyl adjacent to an activating group) is 1. The van der Waals surface area contributed by atoms with E-state index in [9.17, 15) is 22.4 Å². The molecule has 0 aliphatic heterocycles. The minimum Gasteiger partial charge on any atom is -0.444 e. The van der Waals surface area contributed by atoms with Crippen LogP contribution in [0.3, 0.4) is 0 Å². The van der Waals surface area contributed by atoms with E-state index in [0.717, 1.165) is 18.2 Å². The van der Waals surface area contributed by atoms with Crippen molar-refractivity contribution in [1.29, 1.82) is 0 Å². The second-order valence-electron chi connectivity index (χ2n) is 5.89. The first-order valence-electron chi connectivity index (χ1n) is 8.56. The quantitative estimate of drug-likeness (QED) is 0.707. The summed E-state index contributed by atoms with van der Waals surface area (Å²) in [5, 5.41) is 5.03. The molecule has 9 heteroatoms. The van der Waals surface area contributed by atoms with Crippen LogP contribution in [0.25, 0.3) is 0 Å². The van der Waals surface area contributed by atoms with Crippen LogP contribution in [-0.2, 0) is 19.6 Å². The molecular formula is C19H21FN2O5S. The van der Waals surface area contributed by atoms with Gasteiger partial charge in [0.25, 0.3) is 5.91 Å². The molecule has 2 rings (SSSR count). The van der Waals surface area contributed by atoms with Crippen LogP contribution in [0, 0.1) is 5.82 Å². The molecular weight excluding hydrogens is 387 g/mol. The molecule has 1 atom stereocenters. The average Bonchev–Trinajstić information content (AvgIpc) is 2.66. The van der Waals surface area contributed by atoms with Gasteiger partial charge in [-0.15, -0.1) is 0 Å². The van der Waals surface area contributed by atoms with E-state index in [1.54, 1.807) is 44.2 Å². The van der Waals surface area contributed by atoms with Gasteiger partial charge in [0.15, 0.2) is 0 Å². The number of nitrogens with two attached hydrogens (primary N) is 1. The number of ether oxygens (including phenoxy) is 1. The number of halogens is 1. The molecule has 1 amide bonds. The van der Waals surface area contributed by atoms with Gasteiger partial charge in [0.1, 0.15) is 5.82 Å². The van der Waals surface area contributed by atoms with E-state index in [1.165, 1.54) is 4.90 Å². The number of amides is 1. The smallest absolute Gasteiger partial charge is 0.342 e. The summed E-state index contributed by atoms with van der Waals surface area (Å²) in [7, 11) is -4.14. The predicted molar refractivity (Wildman–Crippen MR) is 100 cm³/mol. The fraction of sp³-hybridized carbons (Fsp3) is 0.263. The Labute approximate surface area is 163 Å². The highest BCUT2D eigenvalue weighted by Crippen LogP contribution is 2.24. The van der Waals surface area contributed by atoms with Crippen molar-refractivity contribution in [2.24, 2.45) is 5.14 Å². The van der Waals surface area contributed by atoms with Gasteiger partial charge in [0.2, 0.25) is 16.1 Å². The second kappa shape index (κ2) is 8.94. The zero-order chi connectivity index (χ0) is 20.9. The highest BCUT2D eigenvalue weighted by Gasteiger charge is 2.30. The number of benzene rings is 2. The molecule has 0 aliphatic rings. The Bertz CT molecular complexity index is 960. The summed E-state index contributed by atoms with van der Waals surface area (Å²) in [5.74, 6) is -2.62. The summed E-state index contributed by atoms with van der Waals surface area (Å²) in [6.07, 6.45) is -1.30. The SMILES string of the molecule is CCN(CC)C(=O)C(OC(=O)c1cc(S(N)(=O)=O)ccc1F)c1ccccc1. The summed E-state index contributed by atoms with van der Waals surface area (Å²) in [6.45, 7) is 4.35. The molecule has 0 radical (unpaired) electrons. The first kappa shape index (κ1) is 21.5. The maximum Gasteiger partial charge on any atom is 0.342 e. The number of carbonyl (C=O) groups excluding carboxylic acids is 2. The van der Waals surface area contributed by atoms with Crippen LogP contribution in [-0.4, -0.2) is 38.3 Å². The van der Waals surface area contributed by atoms with E-state index < -0.39 is 44.3 Å². The lowest BCUT2D eigenvalue weighted by molar-refractivity contribution is -0.140. The fourth-order valence-corrected chi connectivity index (χ4v) is 3.14. The monoisotopic (exact) mass is 408 g/mol. The van der Waals surface area contributed by atoms with Crippen LogP contribution in [0.5, 0.6) is 0 Å². The van der Waals surface area contributed by atoms with Crippen LogP contribution < -0.4 is 5.14 Å². The summed E-state index contributed by atoms with van der Waals surface area (Å²) in [5.41, 5.74) is -0.212. The highest BCUT2D eigenvalue weighted by atomic mass is 32.2. The maximum atomic E-state index is 14.1. The summed E-state index contributed by atoms with van der Waals surface area (Å²) < 4.78 is 42.4. The van der Waals surface area contributed by atoms with Gasteiger partial charge >= 0.3 is 5.97 Å². The lowest BCUT2D eigenvalue weighted by Crippen LogP contribution is -2.36. The number of esters is 1. The second-order valence-corrected chi connectivity index (χ2v) is 7.45. The van der Waals surface area contributed by atoms with Gasteiger partial charge in [-0.3, -0.25) is 4.79 Å². The molecule has 0 aliphatic carbocycles. The number of rotatable bonds is 7. The van der Waals surface area contributed by atoms with Crippen molar-refractivity contribution in [3.63, 3.8) is 0 Å². The lowest BCUT2D eigenvalue weighted by atomic mass is 10.1. The van der Waals surface area contributed by atoms with Gasteiger partial charge in [0.05, 0.1) is 10.5 Å². The van der Waals surface area contributed by atoms with Crippen molar-refractivity contribution >= 4 is 21.9 Å². The highest BCUT2D eigenvalue weighted by molar-refractivity contribution is 7.89. The lowest BCUT2D eigenvalue weighted by Gasteiger charge is -2.25. The number of hydrogen-bond acceptors (Lipinski definition) is 5. The maximum absolute atomic E-state index is 14.1. The van der Waals surface area contributed by atoms with E-state index in [4.69, 9.17) is 9.88 Å². The van der Waals surface area contributed by atoms with Gasteiger partial charge < -0.3 is 9.64 Å². The zero-order valence-corrected chi connectivity index (χ0v) is 16.3. The van der Waals surface area contributed by atoms with Crippen LogP contribution in [0.4, 0.5) is 4.39 Å². The summed E-state index contributed by atoms with van der Waals surface area (Å²) in [6, 6.07) is 10.8. The molecule has 150 valence electrons. The van der Waals surface area contributed by atoms with Gasteiger partial charge in [-0.25, -0.2) is 22.7 Å². The van der Waals surface area contributed by atoms with Crippen LogP contribution in [0.15, 0.2) is 53.4 Å². The van der Waals surface area contributed by atoms with Crippen molar-refractivity contribution in [2.75, 3.05) is 13.1 Å². The van der Waals surface area contributed by atoms with E-state index in [0.29, 0.717) is 18.7 Å². The molecule has 7 nitrogen and oxygen atoms in total. The van der Waals surface area contributed by atoms with Crippen molar-refractivity contribution in [3.8, 4) is 0 Å². The molecule has 0 spiro atoms. The Balaban J connectivity index is 2.42. The molecule has 0 aromatic heterocycles. The number of primary sulfonamides is 1. The van der Waals surface area contributed by atoms with E-state index >= 15 is 0 Å². The fourth-order valence-electron chi connectivity index (χ4n) is 2.60. The van der Waals surface area contributed by atoms with Crippen molar-refractivity contribution in [3.05, 3.63) is 65.5 Å². The molecule has 0 heterocycles. The predicted octanol–water partition coefficient (Wildman–Crippen LogP) is 2.24. The number of hydrogen-bond donors (Lipinski definition) is 1. The topological polar surface area (TPSA) is 107 Å². The Morgan fingerprint density at radius 3 is 2.25 bits per heavy atom. The van der Waals surface area contributed by atoms with E-state index in [-0.39, 0.29) is 0 Å². The van der Waals surface area contributed by atoms with Gasteiger partial charge in [-0.1, -0.05) is 30.3 Å². The van der Waals surface area contributed by atoms with Crippen LogP contribution >= 0.6 is 0 Å². The van der Waals surface area contributed by atoms with Crippen LogP contribution in [0.1, 0.15) is 35.9 Å². The molecule has 28 heavy (non-hydrogen) atoms. The molecule has 0 bridgehead atoms. The minimum absolute atomic E-state index is 0.394. The Morgan fingerprint density at radius 1 is 1.11 bits per heavy atom. The number of nitrogens with zero attached hydrogens (tertiary/aromatic N) is 1. The van der Waals surface area contributed by atoms with E-state index in [1.807, 2.05) is 0 Å². The third-order valence-electron chi connectivity index (χ3n) is 4.11. The van der Waals surface area contributed by atoms with Gasteiger partial charge in [-0.2, -0.15) is 0 Å². The number of sulfonamides is 1. The third-order valence-corrected chi connectivity index (χ3v) is 5.02. The van der Waals surface area contributed by atoms with Gasteiger partial charge in [-0.05, 0) is 32.0 Å². The van der Waals surface area contributed by atoms with Crippen molar-refractivity contribution in [1.82, 2.24) is 4.90 Å². The molecule has 0 fully saturated rings. The summed E-state index contributed by atoms with van der Waals surface area (Å²) >= 11 is 0. The van der Waals surface area contributed by atoms with E-state index in [2.05, 4.69) is 0 Å². The molecule has 2 aromatic rings. The standard InChI is InChI=1S/C19H21FN2O5S/c1-3-22(4-2)18(23)17(13-8-6-5-7-9-13)27-19(24)15-12-14(28(21,25)26)10-11-16(15)20/h5-12,17H,3-4H2,1-2H3,(H2,21,25,26). The molecule has 2 N–H and O–H groups in total. The molecule has 2 aromatic carbocycles. The largest absolute Gasteiger partial charge is 0.444 e. The first-order chi connectivity index (χ1) is 13.2. The van der Waals surface area contributed by atoms with Crippen molar-refractivity contribution in [2.45, 2.75) is 24.8 Å². The molecule has 1 unspecified atom stereocenters. The van der Waals surface area contributed by atoms with Crippen molar-refractivity contribution < 1.29 is 27.1 Å². The third kappa shape index (κ3) is 4.93. The Kier molecular flexibility index (Phi) is 6.87. The Morgan fingerprint density at radius 2 is 1.71 bits per heavy atom. The Hall–Kier alpha value is -2.78. The first-order valence-corrected chi connectivity index (χ1v) is 10.1. The molecule has 0 saturated carbocycles. The van der Waals surface area contributed by atoms with Crippen LogP contribution in [0.2, 0.25) is 0 Å². The zero-order valence-electron chi connectivity index (χ0n) is 15.5.